The summed E-state index contributed by atoms with van der Waals surface area (Å²) in [6.07, 6.45) is 5.27. The molecule has 3 rings (SSSR count). The lowest BCUT2D eigenvalue weighted by molar-refractivity contribution is 0.0657. The number of nitrogens with two attached hydrogens (primary N) is 1. The number of nitrogen functional groups attached to an aromatic ring is 1. The molecule has 0 aliphatic rings. The van der Waals surface area contributed by atoms with Crippen LogP contribution in [0.2, 0.25) is 0 Å². The molecule has 0 spiro atoms. The van der Waals surface area contributed by atoms with E-state index in [1.54, 1.807) is 0 Å². The largest absolute Gasteiger partial charge is 0.396 e. The molecule has 2 heterocycles. The summed E-state index contributed by atoms with van der Waals surface area (Å²) in [5.41, 5.74) is 10.9. The normalized spacial score (nSPS) is 10.9. The first-order chi connectivity index (χ1) is 15.2. The fraction of sp³-hybridized carbons (Fsp3) is 0.440. The maximum atomic E-state index is 8.97. The lowest BCUT2D eigenvalue weighted by atomic mass is 10.2. The van der Waals surface area contributed by atoms with Crippen molar-refractivity contribution >= 4 is 16.9 Å². The van der Waals surface area contributed by atoms with E-state index in [-0.39, 0.29) is 6.61 Å². The van der Waals surface area contributed by atoms with Crippen LogP contribution >= 0.6 is 0 Å². The lowest BCUT2D eigenvalue weighted by Gasteiger charge is -2.11. The highest BCUT2D eigenvalue weighted by Crippen LogP contribution is 2.28. The van der Waals surface area contributed by atoms with Gasteiger partial charge in [-0.15, -0.1) is 0 Å². The number of aromatic nitrogens is 3. The van der Waals surface area contributed by atoms with Crippen molar-refractivity contribution in [1.82, 2.24) is 14.5 Å². The highest BCUT2D eigenvalue weighted by Gasteiger charge is 2.19. The topological polar surface area (TPSA) is 86.2 Å². The van der Waals surface area contributed by atoms with Crippen molar-refractivity contribution in [3.05, 3.63) is 53.0 Å². The predicted octanol–water partition coefficient (Wildman–Crippen LogP) is 4.35. The number of unbranched alkanes of at least 4 members (excludes halogenated alkanes) is 3. The third-order valence-electron chi connectivity index (χ3n) is 5.24. The van der Waals surface area contributed by atoms with E-state index in [0.29, 0.717) is 19.2 Å². The third-order valence-corrected chi connectivity index (χ3v) is 5.24. The van der Waals surface area contributed by atoms with E-state index in [1.807, 2.05) is 41.8 Å². The number of anilines is 1. The molecular formula is C25H32N4O2. The average molecular weight is 421 g/mol. The van der Waals surface area contributed by atoms with Gasteiger partial charge >= 0.3 is 0 Å². The van der Waals surface area contributed by atoms with Gasteiger partial charge in [-0.05, 0) is 31.7 Å². The first-order valence-corrected chi connectivity index (χ1v) is 11.0. The highest BCUT2D eigenvalue weighted by molar-refractivity contribution is 5.91. The summed E-state index contributed by atoms with van der Waals surface area (Å²) >= 11 is 0. The number of benzene rings is 1. The number of aliphatic hydroxyl groups excluding tert-OH is 1. The molecule has 0 atom stereocenters. The molecule has 0 amide bonds. The quantitative estimate of drug-likeness (QED) is 0.376. The molecule has 2 aromatic heterocycles. The molecule has 1 aromatic carbocycles. The predicted molar refractivity (Wildman–Crippen MR) is 124 cm³/mol. The Bertz CT molecular complexity index is 1050. The molecule has 0 bridgehead atoms. The first kappa shape index (κ1) is 22.8. The standard InChI is InChI=1S/C25H32N4O2/c1-3-4-15-22-27-23-21(14-10-5-6-11-16-30)19(2)29(24(23)25(26)28-22)18-31-17-20-12-8-7-9-13-20/h7-9,12-13,30H,3-6,11,15-18H2,1-2H3,(H2,26,27,28). The second-order valence-electron chi connectivity index (χ2n) is 7.66. The third kappa shape index (κ3) is 5.84. The molecule has 6 heteroatoms. The van der Waals surface area contributed by atoms with Crippen LogP contribution in [0.25, 0.3) is 11.0 Å². The zero-order valence-corrected chi connectivity index (χ0v) is 18.5. The summed E-state index contributed by atoms with van der Waals surface area (Å²) in [6.45, 7) is 5.23. The molecule has 3 N–H and O–H groups in total. The Hall–Kier alpha value is -2.88. The van der Waals surface area contributed by atoms with Crippen molar-refractivity contribution in [2.75, 3.05) is 12.3 Å². The van der Waals surface area contributed by atoms with Crippen LogP contribution in [0.3, 0.4) is 0 Å². The summed E-state index contributed by atoms with van der Waals surface area (Å²) in [6, 6.07) is 10.1. The Kier molecular flexibility index (Phi) is 8.45. The van der Waals surface area contributed by atoms with Gasteiger partial charge in [0.15, 0.2) is 5.82 Å². The van der Waals surface area contributed by atoms with Gasteiger partial charge < -0.3 is 20.1 Å². The monoisotopic (exact) mass is 420 g/mol. The summed E-state index contributed by atoms with van der Waals surface area (Å²) in [5, 5.41) is 8.97. The van der Waals surface area contributed by atoms with Gasteiger partial charge in [0, 0.05) is 25.1 Å². The second-order valence-corrected chi connectivity index (χ2v) is 7.66. The van der Waals surface area contributed by atoms with Crippen molar-refractivity contribution in [3.8, 4) is 11.8 Å². The molecule has 6 nitrogen and oxygen atoms in total. The molecule has 0 saturated heterocycles. The number of nitrogens with zero attached hydrogens (tertiary/aromatic N) is 3. The molecule has 0 saturated carbocycles. The van der Waals surface area contributed by atoms with Gasteiger partial charge in [0.2, 0.25) is 0 Å². The van der Waals surface area contributed by atoms with Gasteiger partial charge in [-0.25, -0.2) is 9.97 Å². The molecule has 0 fully saturated rings. The van der Waals surface area contributed by atoms with Gasteiger partial charge in [0.1, 0.15) is 23.6 Å². The Morgan fingerprint density at radius 3 is 2.68 bits per heavy atom. The van der Waals surface area contributed by atoms with Gasteiger partial charge in [-0.1, -0.05) is 55.5 Å². The number of ether oxygens (including phenoxy) is 1. The minimum absolute atomic E-state index is 0.198. The second kappa shape index (κ2) is 11.5. The van der Waals surface area contributed by atoms with Crippen LogP contribution in [0.1, 0.15) is 61.7 Å². The Morgan fingerprint density at radius 1 is 1.13 bits per heavy atom. The van der Waals surface area contributed by atoms with Crippen molar-refractivity contribution in [3.63, 3.8) is 0 Å². The van der Waals surface area contributed by atoms with Crippen molar-refractivity contribution in [1.29, 1.82) is 0 Å². The summed E-state index contributed by atoms with van der Waals surface area (Å²) < 4.78 is 8.01. The van der Waals surface area contributed by atoms with E-state index in [1.165, 1.54) is 0 Å². The molecule has 164 valence electrons. The number of aliphatic hydroxyl groups is 1. The van der Waals surface area contributed by atoms with Gasteiger partial charge in [0.05, 0.1) is 12.2 Å². The Morgan fingerprint density at radius 2 is 1.94 bits per heavy atom. The molecule has 0 radical (unpaired) electrons. The minimum Gasteiger partial charge on any atom is -0.396 e. The first-order valence-electron chi connectivity index (χ1n) is 11.0. The van der Waals surface area contributed by atoms with Crippen LogP contribution in [0.5, 0.6) is 0 Å². The lowest BCUT2D eigenvalue weighted by Crippen LogP contribution is -2.08. The summed E-state index contributed by atoms with van der Waals surface area (Å²) in [7, 11) is 0. The van der Waals surface area contributed by atoms with Crippen LogP contribution in [0.4, 0.5) is 5.82 Å². The smallest absolute Gasteiger partial charge is 0.151 e. The van der Waals surface area contributed by atoms with Gasteiger partial charge in [-0.3, -0.25) is 0 Å². The number of fused-ring (bicyclic) bond motifs is 1. The molecule has 0 aliphatic carbocycles. The van der Waals surface area contributed by atoms with Crippen molar-refractivity contribution in [2.24, 2.45) is 0 Å². The minimum atomic E-state index is 0.198. The van der Waals surface area contributed by atoms with Crippen LogP contribution in [-0.4, -0.2) is 26.2 Å². The molecule has 3 aromatic rings. The van der Waals surface area contributed by atoms with Crippen LogP contribution in [0.15, 0.2) is 30.3 Å². The fourth-order valence-corrected chi connectivity index (χ4v) is 3.50. The number of hydrogen-bond acceptors (Lipinski definition) is 5. The van der Waals surface area contributed by atoms with Gasteiger partial charge in [-0.2, -0.15) is 0 Å². The molecule has 0 aliphatic heterocycles. The molecular weight excluding hydrogens is 388 g/mol. The number of rotatable bonds is 10. The maximum Gasteiger partial charge on any atom is 0.151 e. The van der Waals surface area contributed by atoms with Crippen LogP contribution in [0, 0.1) is 18.8 Å². The average Bonchev–Trinajstić information content (AvgIpc) is 3.04. The highest BCUT2D eigenvalue weighted by atomic mass is 16.5. The van der Waals surface area contributed by atoms with Gasteiger partial charge in [0.25, 0.3) is 0 Å². The number of aryl methyl sites for hydroxylation is 1. The Labute approximate surface area is 184 Å². The molecule has 0 unspecified atom stereocenters. The van der Waals surface area contributed by atoms with Crippen LogP contribution < -0.4 is 5.73 Å². The van der Waals surface area contributed by atoms with E-state index < -0.39 is 0 Å². The van der Waals surface area contributed by atoms with E-state index in [2.05, 4.69) is 23.7 Å². The van der Waals surface area contributed by atoms with Crippen molar-refractivity contribution < 1.29 is 9.84 Å². The zero-order valence-electron chi connectivity index (χ0n) is 18.5. The van der Waals surface area contributed by atoms with E-state index in [9.17, 15) is 0 Å². The van der Waals surface area contributed by atoms with E-state index in [4.69, 9.17) is 20.6 Å². The maximum absolute atomic E-state index is 8.97. The summed E-state index contributed by atoms with van der Waals surface area (Å²) in [4.78, 5) is 9.38. The Balaban J connectivity index is 1.92. The SMILES string of the molecule is CCCCc1nc(N)c2c(n1)c(C#CCCCCO)c(C)n2COCc1ccccc1. The van der Waals surface area contributed by atoms with E-state index in [0.717, 1.165) is 72.2 Å². The molecule has 31 heavy (non-hydrogen) atoms. The number of hydrogen-bond donors (Lipinski definition) is 2. The zero-order chi connectivity index (χ0) is 22.1. The van der Waals surface area contributed by atoms with E-state index >= 15 is 0 Å². The fourth-order valence-electron chi connectivity index (χ4n) is 3.50. The van der Waals surface area contributed by atoms with Crippen molar-refractivity contribution in [2.45, 2.75) is 65.7 Å². The van der Waals surface area contributed by atoms with Crippen LogP contribution in [-0.2, 0) is 24.5 Å². The summed E-state index contributed by atoms with van der Waals surface area (Å²) in [5.74, 6) is 7.76.